The van der Waals surface area contributed by atoms with Crippen LogP contribution in [-0.2, 0) is 14.3 Å². The Morgan fingerprint density at radius 2 is 1.87 bits per heavy atom. The predicted molar refractivity (Wildman–Crippen MR) is 142 cm³/mol. The molecule has 1 aliphatic carbocycles. The maximum atomic E-state index is 13.8. The van der Waals surface area contributed by atoms with Crippen LogP contribution < -0.4 is 10.2 Å². The van der Waals surface area contributed by atoms with E-state index in [4.69, 9.17) is 10.3 Å². The number of amides is 2. The lowest BCUT2D eigenvalue weighted by Gasteiger charge is -2.36. The maximum Gasteiger partial charge on any atom is 0.251 e. The zero-order valence-electron chi connectivity index (χ0n) is 22.0. The minimum atomic E-state index is -0.768. The highest BCUT2D eigenvalue weighted by molar-refractivity contribution is 5.99. The number of anilines is 1. The highest BCUT2D eigenvalue weighted by Crippen LogP contribution is 2.34. The highest BCUT2D eigenvalue weighted by Gasteiger charge is 2.53. The molecule has 11 heteroatoms. The molecule has 1 saturated carbocycles. The monoisotopic (exact) mass is 523 g/mol. The van der Waals surface area contributed by atoms with Crippen LogP contribution in [0.15, 0.2) is 29.4 Å². The molecule has 1 N–H and O–H groups in total. The van der Waals surface area contributed by atoms with Crippen molar-refractivity contribution in [2.24, 2.45) is 11.0 Å². The molecule has 204 valence electrons. The molecule has 38 heavy (non-hydrogen) atoms. The first kappa shape index (κ1) is 26.5. The van der Waals surface area contributed by atoms with E-state index in [0.717, 1.165) is 70.5 Å². The van der Waals surface area contributed by atoms with E-state index >= 15 is 0 Å². The molecule has 0 spiro atoms. The van der Waals surface area contributed by atoms with Gasteiger partial charge in [0.1, 0.15) is 18.7 Å². The van der Waals surface area contributed by atoms with E-state index in [0.29, 0.717) is 5.56 Å². The lowest BCUT2D eigenvalue weighted by Crippen LogP contribution is -2.54. The fourth-order valence-electron chi connectivity index (χ4n) is 6.47. The molecule has 1 aromatic carbocycles. The molecule has 4 aliphatic rings. The summed E-state index contributed by atoms with van der Waals surface area (Å²) in [7, 11) is 0. The van der Waals surface area contributed by atoms with Gasteiger partial charge in [-0.15, -0.1) is 0 Å². The van der Waals surface area contributed by atoms with Gasteiger partial charge < -0.3 is 19.9 Å². The number of ketones is 1. The van der Waals surface area contributed by atoms with Crippen LogP contribution in [0.2, 0.25) is 0 Å². The Morgan fingerprint density at radius 3 is 2.53 bits per heavy atom. The van der Waals surface area contributed by atoms with E-state index in [-0.39, 0.29) is 36.7 Å². The van der Waals surface area contributed by atoms with E-state index in [1.165, 1.54) is 4.90 Å². The fourth-order valence-corrected chi connectivity index (χ4v) is 6.47. The van der Waals surface area contributed by atoms with Crippen molar-refractivity contribution in [3.05, 3.63) is 40.3 Å². The number of azide groups is 1. The van der Waals surface area contributed by atoms with Crippen molar-refractivity contribution < 1.29 is 19.1 Å². The molecule has 0 radical (unpaired) electrons. The van der Waals surface area contributed by atoms with Crippen molar-refractivity contribution in [2.75, 3.05) is 50.8 Å². The first-order chi connectivity index (χ1) is 18.5. The number of nitrogens with one attached hydrogen (secondary N) is 1. The minimum Gasteiger partial charge on any atom is -0.369 e. The van der Waals surface area contributed by atoms with Crippen LogP contribution in [0.3, 0.4) is 0 Å². The van der Waals surface area contributed by atoms with Gasteiger partial charge in [0.25, 0.3) is 5.91 Å². The largest absolute Gasteiger partial charge is 0.369 e. The van der Waals surface area contributed by atoms with Gasteiger partial charge in [0.2, 0.25) is 5.91 Å². The van der Waals surface area contributed by atoms with Crippen molar-refractivity contribution in [1.82, 2.24) is 15.1 Å². The van der Waals surface area contributed by atoms with Crippen LogP contribution in [0.4, 0.5) is 5.69 Å². The van der Waals surface area contributed by atoms with Crippen LogP contribution in [0.5, 0.6) is 0 Å². The van der Waals surface area contributed by atoms with E-state index in [9.17, 15) is 14.4 Å². The molecule has 1 aromatic rings. The fraction of sp³-hybridized carbons (Fsp3) is 0.667. The van der Waals surface area contributed by atoms with Crippen LogP contribution >= 0.6 is 0 Å². The summed E-state index contributed by atoms with van der Waals surface area (Å²) in [5.74, 6) is -0.789. The zero-order chi connectivity index (χ0) is 26.6. The Morgan fingerprint density at radius 1 is 1.16 bits per heavy atom. The Bertz CT molecular complexity index is 1080. The summed E-state index contributed by atoms with van der Waals surface area (Å²) in [5.41, 5.74) is 10.5. The standard InChI is InChI=1S/C27H37N7O4/c1-2-11-32-12-14-33(15-13-32)20-9-7-19(8-10-20)26(36)29-23(18-5-3-4-6-18)27(37)34-16-21(30-31-28)25-24(34)22(35)17-38-25/h7-10,18,21,23-25H,2-6,11-17H2,1H3,(H,29,36)/t21-,23+,24-,25-/m1/s1. The molecule has 11 nitrogen and oxygen atoms in total. The number of rotatable bonds is 8. The number of hydrogen-bond donors (Lipinski definition) is 1. The van der Waals surface area contributed by atoms with Crippen molar-refractivity contribution in [3.63, 3.8) is 0 Å². The summed E-state index contributed by atoms with van der Waals surface area (Å²) < 4.78 is 5.57. The van der Waals surface area contributed by atoms with Crippen molar-refractivity contribution in [2.45, 2.75) is 63.3 Å². The SMILES string of the molecule is CCCN1CCN(c2ccc(C(=O)N[C@H](C(=O)N3C[C@@H](N=[N+]=[N-])[C@H]4OCC(=O)[C@H]43)C3CCCC3)cc2)CC1. The molecule has 2 amide bonds. The number of nitrogens with zero attached hydrogens (tertiary/aromatic N) is 6. The quantitative estimate of drug-likeness (QED) is 0.316. The van der Waals surface area contributed by atoms with Crippen molar-refractivity contribution in [1.29, 1.82) is 0 Å². The van der Waals surface area contributed by atoms with E-state index in [1.807, 2.05) is 24.3 Å². The topological polar surface area (TPSA) is 131 Å². The smallest absolute Gasteiger partial charge is 0.251 e. The number of likely N-dealkylation sites (tertiary alicyclic amines) is 1. The van der Waals surface area contributed by atoms with Crippen molar-refractivity contribution in [3.8, 4) is 0 Å². The van der Waals surface area contributed by atoms with Crippen LogP contribution in [0.1, 0.15) is 49.4 Å². The Kier molecular flexibility index (Phi) is 8.16. The lowest BCUT2D eigenvalue weighted by molar-refractivity contribution is -0.139. The van der Waals surface area contributed by atoms with Crippen LogP contribution in [-0.4, -0.2) is 97.5 Å². The Labute approximate surface area is 223 Å². The first-order valence-electron chi connectivity index (χ1n) is 13.9. The number of carbonyl (C=O) groups excluding carboxylic acids is 3. The summed E-state index contributed by atoms with van der Waals surface area (Å²) in [4.78, 5) is 48.9. The summed E-state index contributed by atoms with van der Waals surface area (Å²) in [6, 6.07) is 5.46. The first-order valence-corrected chi connectivity index (χ1v) is 13.9. The van der Waals surface area contributed by atoms with Gasteiger partial charge in [0.05, 0.1) is 12.1 Å². The normalized spacial score (nSPS) is 26.8. The van der Waals surface area contributed by atoms with Gasteiger partial charge in [-0.25, -0.2) is 0 Å². The molecule has 0 aromatic heterocycles. The molecule has 4 fully saturated rings. The minimum absolute atomic E-state index is 0.000434. The third-order valence-corrected chi connectivity index (χ3v) is 8.47. The van der Waals surface area contributed by atoms with E-state index < -0.39 is 24.2 Å². The number of carbonyl (C=O) groups is 3. The summed E-state index contributed by atoms with van der Waals surface area (Å²) >= 11 is 0. The number of Topliss-reactive ketones (excluding diaryl/α,β-unsaturated/α-hetero) is 1. The molecule has 4 atom stereocenters. The van der Waals surface area contributed by atoms with E-state index in [1.54, 1.807) is 0 Å². The number of hydrogen-bond acceptors (Lipinski definition) is 7. The lowest BCUT2D eigenvalue weighted by atomic mass is 9.95. The molecule has 3 saturated heterocycles. The number of fused-ring (bicyclic) bond motifs is 1. The number of piperazine rings is 1. The van der Waals surface area contributed by atoms with E-state index in [2.05, 4.69) is 32.1 Å². The molecule has 3 heterocycles. The van der Waals surface area contributed by atoms with Gasteiger partial charge in [-0.3, -0.25) is 19.3 Å². The molecule has 0 bridgehead atoms. The van der Waals surface area contributed by atoms with Crippen molar-refractivity contribution >= 4 is 23.3 Å². The highest BCUT2D eigenvalue weighted by atomic mass is 16.5. The Balaban J connectivity index is 1.28. The molecule has 0 unspecified atom stereocenters. The second-order valence-electron chi connectivity index (χ2n) is 10.8. The third-order valence-electron chi connectivity index (χ3n) is 8.47. The average molecular weight is 524 g/mol. The summed E-state index contributed by atoms with van der Waals surface area (Å²) in [6.45, 7) is 7.33. The van der Waals surface area contributed by atoms with Gasteiger partial charge in [0, 0.05) is 48.9 Å². The Hall–Kier alpha value is -3.14. The molecular formula is C27H37N7O4. The predicted octanol–water partition coefficient (Wildman–Crippen LogP) is 2.36. The van der Waals surface area contributed by atoms with Gasteiger partial charge in [-0.2, -0.15) is 0 Å². The number of benzene rings is 1. The summed E-state index contributed by atoms with van der Waals surface area (Å²) in [6.07, 6.45) is 4.21. The molecule has 5 rings (SSSR count). The molecular weight excluding hydrogens is 486 g/mol. The van der Waals surface area contributed by atoms with Crippen LogP contribution in [0, 0.1) is 5.92 Å². The van der Waals surface area contributed by atoms with Gasteiger partial charge in [0.15, 0.2) is 5.78 Å². The summed E-state index contributed by atoms with van der Waals surface area (Å²) in [5, 5.41) is 6.78. The second-order valence-corrected chi connectivity index (χ2v) is 10.8. The maximum absolute atomic E-state index is 13.8. The average Bonchev–Trinajstić information content (AvgIpc) is 3.68. The zero-order valence-corrected chi connectivity index (χ0v) is 22.0. The van der Waals surface area contributed by atoms with Crippen LogP contribution in [0.25, 0.3) is 10.4 Å². The van der Waals surface area contributed by atoms with Gasteiger partial charge in [-0.1, -0.05) is 24.9 Å². The van der Waals surface area contributed by atoms with Gasteiger partial charge >= 0.3 is 0 Å². The third kappa shape index (κ3) is 5.36. The molecule has 3 aliphatic heterocycles. The van der Waals surface area contributed by atoms with Gasteiger partial charge in [-0.05, 0) is 61.5 Å². The second kappa shape index (κ2) is 11.7. The number of ether oxygens (including phenoxy) is 1.